The molecular weight excluding hydrogens is 576 g/mol. The number of Topliss-reactive ketones (excluding diaryl/α,β-unsaturated/α-hetero) is 2. The van der Waals surface area contributed by atoms with Crippen molar-refractivity contribution in [1.29, 1.82) is 0 Å². The van der Waals surface area contributed by atoms with Crippen LogP contribution in [0.2, 0.25) is 0 Å². The van der Waals surface area contributed by atoms with Gasteiger partial charge >= 0.3 is 0 Å². The van der Waals surface area contributed by atoms with Gasteiger partial charge in [0, 0.05) is 6.07 Å². The number of phenolic OH excluding ortho intramolecular Hbond substituents is 2. The molecule has 3 atom stereocenters. The number of carbonyl (C=O) groups excluding carboxylic acids is 2. The lowest BCUT2D eigenvalue weighted by atomic mass is 9.33. The molecule has 1 saturated carbocycles. The van der Waals surface area contributed by atoms with Crippen molar-refractivity contribution >= 4 is 22.5 Å². The van der Waals surface area contributed by atoms with Crippen molar-refractivity contribution in [2.24, 2.45) is 22.2 Å². The van der Waals surface area contributed by atoms with E-state index in [1.165, 1.54) is 17.2 Å². The second kappa shape index (κ2) is 12.2. The fourth-order valence-corrected chi connectivity index (χ4v) is 8.39. The molecule has 2 N–H and O–H groups in total. The van der Waals surface area contributed by atoms with Crippen LogP contribution in [0.3, 0.4) is 0 Å². The van der Waals surface area contributed by atoms with E-state index < -0.39 is 44.4 Å². The summed E-state index contributed by atoms with van der Waals surface area (Å²) in [7, 11) is 0. The molecule has 2 aliphatic rings. The van der Waals surface area contributed by atoms with Crippen molar-refractivity contribution in [3.63, 3.8) is 0 Å². The molecule has 0 unspecified atom stereocenters. The molecule has 0 aliphatic heterocycles. The number of ketones is 2. The molecule has 1 heterocycles. The van der Waals surface area contributed by atoms with Gasteiger partial charge in [0.05, 0.1) is 10.8 Å². The minimum absolute atomic E-state index is 0.00774. The Hall–Kier alpha value is -3.67. The van der Waals surface area contributed by atoms with Gasteiger partial charge in [-0.1, -0.05) is 74.3 Å². The van der Waals surface area contributed by atoms with Crippen LogP contribution in [-0.4, -0.2) is 21.8 Å². The fourth-order valence-electron chi connectivity index (χ4n) is 8.39. The van der Waals surface area contributed by atoms with Gasteiger partial charge in [0.1, 0.15) is 22.3 Å². The summed E-state index contributed by atoms with van der Waals surface area (Å²) in [6, 6.07) is 2.33. The maximum absolute atomic E-state index is 15.6. The highest BCUT2D eigenvalue weighted by atomic mass is 16.3. The lowest BCUT2D eigenvalue weighted by molar-refractivity contribution is -0.173. The first kappa shape index (κ1) is 35.2. The molecule has 248 valence electrons. The topological polar surface area (TPSA) is 105 Å². The molecule has 46 heavy (non-hydrogen) atoms. The van der Waals surface area contributed by atoms with Crippen LogP contribution in [0.4, 0.5) is 0 Å². The highest BCUT2D eigenvalue weighted by Gasteiger charge is 2.77. The Labute approximate surface area is 274 Å². The summed E-state index contributed by atoms with van der Waals surface area (Å²) in [5, 5.41) is 20.6. The van der Waals surface area contributed by atoms with Crippen LogP contribution < -0.4 is 5.43 Å². The van der Waals surface area contributed by atoms with E-state index in [4.69, 9.17) is 4.42 Å². The third kappa shape index (κ3) is 5.22. The van der Waals surface area contributed by atoms with Crippen LogP contribution in [0.5, 0.6) is 11.5 Å². The summed E-state index contributed by atoms with van der Waals surface area (Å²) in [4.78, 5) is 45.1. The second-order valence-electron chi connectivity index (χ2n) is 15.5. The van der Waals surface area contributed by atoms with Gasteiger partial charge in [-0.3, -0.25) is 14.4 Å². The normalized spacial score (nSPS) is 24.8. The van der Waals surface area contributed by atoms with E-state index in [0.717, 1.165) is 30.1 Å². The number of carbonyl (C=O) groups is 2. The van der Waals surface area contributed by atoms with E-state index in [1.807, 2.05) is 53.7 Å². The van der Waals surface area contributed by atoms with Crippen LogP contribution in [0.15, 0.2) is 67.9 Å². The largest absolute Gasteiger partial charge is 0.504 e. The zero-order chi connectivity index (χ0) is 34.6. The summed E-state index contributed by atoms with van der Waals surface area (Å²) in [6.07, 6.45) is 11.4. The van der Waals surface area contributed by atoms with Crippen molar-refractivity contribution in [3.05, 3.63) is 80.3 Å². The quantitative estimate of drug-likeness (QED) is 0.163. The molecule has 1 fully saturated rings. The van der Waals surface area contributed by atoms with Crippen LogP contribution in [0.1, 0.15) is 124 Å². The Morgan fingerprint density at radius 1 is 0.761 bits per heavy atom. The van der Waals surface area contributed by atoms with Gasteiger partial charge in [-0.15, -0.1) is 0 Å². The lowest BCUT2D eigenvalue weighted by Gasteiger charge is -2.67. The standard InChI is InChI=1S/C40H52O6/c1-23(2)13-12-14-26(7)15-16-31-37(8,9)39(19-17-24(3)4)34(44)32-33(43)27-21-28(41)29(42)22-30(27)46-35(32)40(36(39)45,38(31,10)11)20-18-25(5)6/h13,15,17-18,21-22,31,41-42H,12,14,16,19-20H2,1-11H3/b26-15+/t31-,39+,40-/m1/s1. The molecule has 0 spiro atoms. The number of fused-ring (bicyclic) bond motifs is 5. The Morgan fingerprint density at radius 3 is 1.85 bits per heavy atom. The van der Waals surface area contributed by atoms with Gasteiger partial charge in [-0.05, 0) is 103 Å². The highest BCUT2D eigenvalue weighted by molar-refractivity contribution is 6.23. The highest BCUT2D eigenvalue weighted by Crippen LogP contribution is 2.71. The molecule has 6 heteroatoms. The average Bonchev–Trinajstić information content (AvgIpc) is 2.93. The zero-order valence-corrected chi connectivity index (χ0v) is 29.6. The first-order valence-electron chi connectivity index (χ1n) is 16.5. The van der Waals surface area contributed by atoms with E-state index in [2.05, 4.69) is 46.8 Å². The number of hydrogen-bond acceptors (Lipinski definition) is 6. The molecule has 6 nitrogen and oxygen atoms in total. The minimum atomic E-state index is -1.53. The fraction of sp³-hybridized carbons (Fsp3) is 0.525. The predicted octanol–water partition coefficient (Wildman–Crippen LogP) is 9.67. The number of allylic oxidation sites excluding steroid dienone is 8. The van der Waals surface area contributed by atoms with Crippen LogP contribution in [-0.2, 0) is 10.2 Å². The van der Waals surface area contributed by atoms with Gasteiger partial charge < -0.3 is 14.6 Å². The molecular formula is C40H52O6. The van der Waals surface area contributed by atoms with E-state index in [0.29, 0.717) is 6.42 Å². The SMILES string of the molecule is CC(C)=CCC/C(C)=C/C[C@@H]1C(C)(C)[C@@]2(CC=C(C)C)C(=O)c3c(oc4cc(O)c(O)cc4c3=O)[C@](CC=C(C)C)(C2=O)C1(C)C. The Balaban J connectivity index is 2.15. The molecule has 1 aromatic heterocycles. The molecule has 0 radical (unpaired) electrons. The monoisotopic (exact) mass is 628 g/mol. The Bertz CT molecular complexity index is 1760. The van der Waals surface area contributed by atoms with Crippen LogP contribution >= 0.6 is 0 Å². The molecule has 1 aromatic carbocycles. The summed E-state index contributed by atoms with van der Waals surface area (Å²) < 4.78 is 6.51. The number of aromatic hydroxyl groups is 2. The van der Waals surface area contributed by atoms with Gasteiger partial charge in [0.25, 0.3) is 0 Å². The predicted molar refractivity (Wildman–Crippen MR) is 185 cm³/mol. The van der Waals surface area contributed by atoms with E-state index in [-0.39, 0.29) is 46.8 Å². The second-order valence-corrected chi connectivity index (χ2v) is 15.5. The van der Waals surface area contributed by atoms with Gasteiger partial charge in [0.2, 0.25) is 5.43 Å². The Kier molecular flexibility index (Phi) is 9.31. The third-order valence-corrected chi connectivity index (χ3v) is 11.1. The van der Waals surface area contributed by atoms with Crippen molar-refractivity contribution in [1.82, 2.24) is 0 Å². The van der Waals surface area contributed by atoms with Crippen LogP contribution in [0, 0.1) is 22.2 Å². The smallest absolute Gasteiger partial charge is 0.204 e. The van der Waals surface area contributed by atoms with E-state index >= 15 is 9.59 Å². The maximum Gasteiger partial charge on any atom is 0.204 e. The minimum Gasteiger partial charge on any atom is -0.504 e. The number of rotatable bonds is 9. The lowest BCUT2D eigenvalue weighted by Crippen LogP contribution is -2.74. The summed E-state index contributed by atoms with van der Waals surface area (Å²) >= 11 is 0. The van der Waals surface area contributed by atoms with Crippen molar-refractivity contribution in [3.8, 4) is 11.5 Å². The van der Waals surface area contributed by atoms with Crippen molar-refractivity contribution < 1.29 is 24.2 Å². The Morgan fingerprint density at radius 2 is 1.28 bits per heavy atom. The third-order valence-electron chi connectivity index (χ3n) is 11.1. The molecule has 4 rings (SSSR count). The molecule has 0 amide bonds. The molecule has 2 aliphatic carbocycles. The van der Waals surface area contributed by atoms with Crippen molar-refractivity contribution in [2.45, 2.75) is 114 Å². The average molecular weight is 629 g/mol. The first-order chi connectivity index (χ1) is 21.3. The summed E-state index contributed by atoms with van der Waals surface area (Å²) in [5.41, 5.74) is -0.662. The van der Waals surface area contributed by atoms with E-state index in [1.54, 1.807) is 0 Å². The number of benzene rings is 1. The van der Waals surface area contributed by atoms with Gasteiger partial charge in [0.15, 0.2) is 23.1 Å². The number of phenols is 2. The van der Waals surface area contributed by atoms with E-state index in [9.17, 15) is 15.0 Å². The molecule has 2 aromatic rings. The molecule has 2 bridgehead atoms. The molecule has 0 saturated heterocycles. The number of hydrogen-bond donors (Lipinski definition) is 2. The zero-order valence-electron chi connectivity index (χ0n) is 29.6. The summed E-state index contributed by atoms with van der Waals surface area (Å²) in [6.45, 7) is 22.4. The maximum atomic E-state index is 15.6. The van der Waals surface area contributed by atoms with Gasteiger partial charge in [-0.2, -0.15) is 0 Å². The van der Waals surface area contributed by atoms with Crippen molar-refractivity contribution in [2.75, 3.05) is 0 Å². The summed E-state index contributed by atoms with van der Waals surface area (Å²) in [5.74, 6) is -1.74. The van der Waals surface area contributed by atoms with Crippen LogP contribution in [0.25, 0.3) is 11.0 Å². The van der Waals surface area contributed by atoms with Gasteiger partial charge in [-0.25, -0.2) is 0 Å². The first-order valence-corrected chi connectivity index (χ1v) is 16.5.